The third-order valence-corrected chi connectivity index (χ3v) is 3.70. The highest BCUT2D eigenvalue weighted by Gasteiger charge is 2.19. The lowest BCUT2D eigenvalue weighted by Crippen LogP contribution is -2.31. The van der Waals surface area contributed by atoms with Crippen LogP contribution in [-0.4, -0.2) is 35.2 Å². The van der Waals surface area contributed by atoms with Crippen LogP contribution in [0.1, 0.15) is 25.7 Å². The van der Waals surface area contributed by atoms with Gasteiger partial charge in [0, 0.05) is 24.8 Å². The minimum Gasteiger partial charge on any atom is -0.376 e. The predicted octanol–water partition coefficient (Wildman–Crippen LogP) is 2.34. The summed E-state index contributed by atoms with van der Waals surface area (Å²) in [5.74, 6) is 0.207. The number of nitro groups is 1. The van der Waals surface area contributed by atoms with Gasteiger partial charge in [-0.25, -0.2) is 4.98 Å². The summed E-state index contributed by atoms with van der Waals surface area (Å²) < 4.78 is 5.74. The first-order valence-electron chi connectivity index (χ1n) is 6.97. The van der Waals surface area contributed by atoms with E-state index in [0.29, 0.717) is 19.2 Å². The van der Waals surface area contributed by atoms with Crippen LogP contribution in [0.5, 0.6) is 0 Å². The highest BCUT2D eigenvalue weighted by atomic mass is 35.5. The van der Waals surface area contributed by atoms with Crippen molar-refractivity contribution >= 4 is 23.1 Å². The normalized spacial score (nSPS) is 22.0. The van der Waals surface area contributed by atoms with Crippen LogP contribution >= 0.6 is 11.6 Å². The van der Waals surface area contributed by atoms with Gasteiger partial charge in [0.1, 0.15) is 0 Å². The summed E-state index contributed by atoms with van der Waals surface area (Å²) in [7, 11) is 0. The summed E-state index contributed by atoms with van der Waals surface area (Å²) in [6.07, 6.45) is 5.53. The van der Waals surface area contributed by atoms with Gasteiger partial charge in [-0.2, -0.15) is 0 Å². The topological polar surface area (TPSA) is 103 Å². The fraction of sp³-hybridized carbons (Fsp3) is 0.615. The standard InChI is InChI=1S/C13H19ClN4O3/c14-9-7-12(18(19)20)13(17-8-9)16-5-6-21-11-3-1-10(15)2-4-11/h7-8,10-11H,1-6,15H2,(H,16,17). The van der Waals surface area contributed by atoms with Gasteiger partial charge in [-0.15, -0.1) is 0 Å². The van der Waals surface area contributed by atoms with Gasteiger partial charge >= 0.3 is 5.69 Å². The molecule has 0 aromatic carbocycles. The van der Waals surface area contributed by atoms with Crippen LogP contribution in [0.2, 0.25) is 5.02 Å². The van der Waals surface area contributed by atoms with Gasteiger partial charge in [-0.3, -0.25) is 10.1 Å². The molecule has 0 saturated heterocycles. The quantitative estimate of drug-likeness (QED) is 0.474. The van der Waals surface area contributed by atoms with E-state index in [4.69, 9.17) is 22.1 Å². The minimum absolute atomic E-state index is 0.133. The first-order chi connectivity index (χ1) is 10.1. The number of rotatable bonds is 6. The first-order valence-corrected chi connectivity index (χ1v) is 7.35. The van der Waals surface area contributed by atoms with Gasteiger partial charge in [0.15, 0.2) is 0 Å². The summed E-state index contributed by atoms with van der Waals surface area (Å²) in [6.45, 7) is 0.930. The Morgan fingerprint density at radius 3 is 2.86 bits per heavy atom. The second kappa shape index (κ2) is 7.53. The molecule has 8 heteroatoms. The van der Waals surface area contributed by atoms with E-state index in [-0.39, 0.29) is 22.6 Å². The van der Waals surface area contributed by atoms with E-state index in [1.165, 1.54) is 12.3 Å². The van der Waals surface area contributed by atoms with Crippen molar-refractivity contribution in [1.29, 1.82) is 0 Å². The largest absolute Gasteiger partial charge is 0.376 e. The van der Waals surface area contributed by atoms with Crippen LogP contribution in [-0.2, 0) is 4.74 Å². The molecule has 0 amide bonds. The van der Waals surface area contributed by atoms with Gasteiger partial charge in [0.2, 0.25) is 5.82 Å². The Bertz CT molecular complexity index is 492. The van der Waals surface area contributed by atoms with Crippen LogP contribution in [0.15, 0.2) is 12.3 Å². The molecule has 2 rings (SSSR count). The van der Waals surface area contributed by atoms with E-state index in [2.05, 4.69) is 10.3 Å². The summed E-state index contributed by atoms with van der Waals surface area (Å²) in [5, 5.41) is 14.1. The number of hydrogen-bond acceptors (Lipinski definition) is 6. The lowest BCUT2D eigenvalue weighted by Gasteiger charge is -2.26. The second-order valence-corrected chi connectivity index (χ2v) is 5.55. The van der Waals surface area contributed by atoms with E-state index in [9.17, 15) is 10.1 Å². The Morgan fingerprint density at radius 1 is 1.48 bits per heavy atom. The molecular weight excluding hydrogens is 296 g/mol. The van der Waals surface area contributed by atoms with Gasteiger partial charge in [-0.1, -0.05) is 11.6 Å². The van der Waals surface area contributed by atoms with Crippen LogP contribution in [0.25, 0.3) is 0 Å². The molecule has 3 N–H and O–H groups in total. The molecule has 0 bridgehead atoms. The van der Waals surface area contributed by atoms with Crippen LogP contribution in [0, 0.1) is 10.1 Å². The summed E-state index contributed by atoms with van der Waals surface area (Å²) in [6, 6.07) is 1.57. The van der Waals surface area contributed by atoms with Crippen LogP contribution < -0.4 is 11.1 Å². The first kappa shape index (κ1) is 15.9. The maximum absolute atomic E-state index is 10.9. The van der Waals surface area contributed by atoms with Gasteiger partial charge in [0.05, 0.1) is 22.7 Å². The molecule has 1 aromatic heterocycles. The van der Waals surface area contributed by atoms with Crippen LogP contribution in [0.4, 0.5) is 11.5 Å². The summed E-state index contributed by atoms with van der Waals surface area (Å²) in [4.78, 5) is 14.3. The molecule has 0 radical (unpaired) electrons. The molecule has 21 heavy (non-hydrogen) atoms. The lowest BCUT2D eigenvalue weighted by atomic mass is 9.94. The van der Waals surface area contributed by atoms with Crippen molar-refractivity contribution in [3.63, 3.8) is 0 Å². The van der Waals surface area contributed by atoms with Gasteiger partial charge in [-0.05, 0) is 25.7 Å². The molecule has 1 aliphatic rings. The summed E-state index contributed by atoms with van der Waals surface area (Å²) >= 11 is 5.71. The minimum atomic E-state index is -0.509. The fourth-order valence-corrected chi connectivity index (χ4v) is 2.51. The van der Waals surface area contributed by atoms with E-state index in [1.54, 1.807) is 0 Å². The van der Waals surface area contributed by atoms with Crippen molar-refractivity contribution in [2.75, 3.05) is 18.5 Å². The third-order valence-electron chi connectivity index (χ3n) is 3.50. The molecule has 0 unspecified atom stereocenters. The lowest BCUT2D eigenvalue weighted by molar-refractivity contribution is -0.384. The Labute approximate surface area is 128 Å². The molecule has 7 nitrogen and oxygen atoms in total. The highest BCUT2D eigenvalue weighted by Crippen LogP contribution is 2.25. The predicted molar refractivity (Wildman–Crippen MR) is 80.6 cm³/mol. The van der Waals surface area contributed by atoms with E-state index in [1.807, 2.05) is 0 Å². The maximum atomic E-state index is 10.9. The number of aromatic nitrogens is 1. The van der Waals surface area contributed by atoms with Crippen molar-refractivity contribution < 1.29 is 9.66 Å². The zero-order valence-corrected chi connectivity index (χ0v) is 12.4. The Morgan fingerprint density at radius 2 is 2.19 bits per heavy atom. The molecule has 0 spiro atoms. The number of hydrogen-bond donors (Lipinski definition) is 2. The van der Waals surface area contributed by atoms with Crippen molar-refractivity contribution in [1.82, 2.24) is 4.98 Å². The second-order valence-electron chi connectivity index (χ2n) is 5.11. The molecular formula is C13H19ClN4O3. The smallest absolute Gasteiger partial charge is 0.312 e. The Hall–Kier alpha value is -1.44. The molecule has 1 heterocycles. The number of anilines is 1. The van der Waals surface area contributed by atoms with Crippen molar-refractivity contribution in [3.05, 3.63) is 27.4 Å². The van der Waals surface area contributed by atoms with Gasteiger partial charge in [0.25, 0.3) is 0 Å². The Kier molecular flexibility index (Phi) is 5.72. The SMILES string of the molecule is NC1CCC(OCCNc2ncc(Cl)cc2[N+](=O)[O-])CC1. The van der Waals surface area contributed by atoms with E-state index < -0.39 is 4.92 Å². The number of ether oxygens (including phenoxy) is 1. The van der Waals surface area contributed by atoms with E-state index >= 15 is 0 Å². The number of nitrogens with one attached hydrogen (secondary N) is 1. The molecule has 1 fully saturated rings. The zero-order valence-electron chi connectivity index (χ0n) is 11.6. The van der Waals surface area contributed by atoms with Crippen LogP contribution in [0.3, 0.4) is 0 Å². The van der Waals surface area contributed by atoms with Crippen molar-refractivity contribution in [2.45, 2.75) is 37.8 Å². The van der Waals surface area contributed by atoms with Crippen molar-refractivity contribution in [2.24, 2.45) is 5.73 Å². The number of nitrogens with two attached hydrogens (primary N) is 1. The number of nitrogens with zero attached hydrogens (tertiary/aromatic N) is 2. The van der Waals surface area contributed by atoms with Gasteiger partial charge < -0.3 is 15.8 Å². The number of pyridine rings is 1. The molecule has 1 saturated carbocycles. The maximum Gasteiger partial charge on any atom is 0.312 e. The fourth-order valence-electron chi connectivity index (χ4n) is 2.35. The zero-order chi connectivity index (χ0) is 15.2. The highest BCUT2D eigenvalue weighted by molar-refractivity contribution is 6.30. The van der Waals surface area contributed by atoms with E-state index in [0.717, 1.165) is 25.7 Å². The molecule has 1 aliphatic carbocycles. The van der Waals surface area contributed by atoms with Crippen molar-refractivity contribution in [3.8, 4) is 0 Å². The molecule has 0 atom stereocenters. The number of halogens is 1. The molecule has 1 aromatic rings. The average molecular weight is 315 g/mol. The monoisotopic (exact) mass is 314 g/mol. The average Bonchev–Trinajstić information content (AvgIpc) is 2.46. The molecule has 0 aliphatic heterocycles. The molecule has 116 valence electrons. The Balaban J connectivity index is 1.77. The summed E-state index contributed by atoms with van der Waals surface area (Å²) in [5.41, 5.74) is 5.70. The third kappa shape index (κ3) is 4.80.